The zero-order chi connectivity index (χ0) is 14.5. The van der Waals surface area contributed by atoms with Crippen molar-refractivity contribution >= 4 is 17.7 Å². The smallest absolute Gasteiger partial charge is 0.407 e. The molecule has 6 heteroatoms. The van der Waals surface area contributed by atoms with E-state index in [0.717, 1.165) is 16.8 Å². The Hall–Kier alpha value is -2.24. The average Bonchev–Trinajstić information content (AvgIpc) is 2.44. The predicted molar refractivity (Wildman–Crippen MR) is 73.7 cm³/mol. The van der Waals surface area contributed by atoms with E-state index in [2.05, 4.69) is 5.32 Å². The van der Waals surface area contributed by atoms with E-state index in [1.807, 2.05) is 18.2 Å². The third kappa shape index (κ3) is 3.20. The van der Waals surface area contributed by atoms with E-state index in [9.17, 15) is 9.59 Å². The topological polar surface area (TPSA) is 78.9 Å². The lowest BCUT2D eigenvalue weighted by molar-refractivity contribution is -0.140. The van der Waals surface area contributed by atoms with E-state index in [1.54, 1.807) is 6.92 Å². The van der Waals surface area contributed by atoms with Crippen molar-refractivity contribution < 1.29 is 19.4 Å². The summed E-state index contributed by atoms with van der Waals surface area (Å²) in [5, 5.41) is 12.1. The maximum Gasteiger partial charge on any atom is 0.407 e. The minimum atomic E-state index is -0.921. The van der Waals surface area contributed by atoms with Crippen LogP contribution in [0.25, 0.3) is 0 Å². The highest BCUT2D eigenvalue weighted by Gasteiger charge is 2.22. The first-order chi connectivity index (χ1) is 9.61. The number of carbonyl (C=O) groups is 2. The standard InChI is InChI=1S/C14H18N2O4/c1-2-20-13(17)8-15-12-5-3-4-10-6-7-16(14(18)19)9-11(10)12/h3-5,15H,2,6-9H2,1H3,(H,18,19). The van der Waals surface area contributed by atoms with Crippen molar-refractivity contribution in [3.8, 4) is 0 Å². The van der Waals surface area contributed by atoms with Crippen molar-refractivity contribution in [1.82, 2.24) is 4.90 Å². The summed E-state index contributed by atoms with van der Waals surface area (Å²) in [6.07, 6.45) is -0.229. The molecule has 1 amide bonds. The summed E-state index contributed by atoms with van der Waals surface area (Å²) >= 11 is 0. The number of anilines is 1. The number of esters is 1. The van der Waals surface area contributed by atoms with Gasteiger partial charge < -0.3 is 20.1 Å². The number of fused-ring (bicyclic) bond motifs is 1. The normalized spacial score (nSPS) is 13.6. The summed E-state index contributed by atoms with van der Waals surface area (Å²) in [6, 6.07) is 5.75. The second kappa shape index (κ2) is 6.27. The zero-order valence-corrected chi connectivity index (χ0v) is 11.4. The highest BCUT2D eigenvalue weighted by Crippen LogP contribution is 2.26. The van der Waals surface area contributed by atoms with Gasteiger partial charge in [0.05, 0.1) is 13.2 Å². The summed E-state index contributed by atoms with van der Waals surface area (Å²) in [5.74, 6) is -0.323. The SMILES string of the molecule is CCOC(=O)CNc1cccc2c1CN(C(=O)O)CC2. The van der Waals surface area contributed by atoms with Gasteiger partial charge in [-0.3, -0.25) is 4.79 Å². The molecule has 0 saturated carbocycles. The summed E-state index contributed by atoms with van der Waals surface area (Å²) in [7, 11) is 0. The Morgan fingerprint density at radius 3 is 2.95 bits per heavy atom. The first-order valence-corrected chi connectivity index (χ1v) is 6.60. The van der Waals surface area contributed by atoms with Gasteiger partial charge in [-0.15, -0.1) is 0 Å². The molecule has 0 aromatic heterocycles. The molecule has 0 spiro atoms. The van der Waals surface area contributed by atoms with Crippen molar-refractivity contribution in [3.05, 3.63) is 29.3 Å². The molecule has 0 fully saturated rings. The van der Waals surface area contributed by atoms with Gasteiger partial charge in [-0.05, 0) is 30.5 Å². The molecular weight excluding hydrogens is 260 g/mol. The van der Waals surface area contributed by atoms with E-state index in [-0.39, 0.29) is 12.5 Å². The molecule has 1 aliphatic heterocycles. The highest BCUT2D eigenvalue weighted by molar-refractivity contribution is 5.76. The number of ether oxygens (including phenoxy) is 1. The Bertz CT molecular complexity index is 516. The molecule has 0 unspecified atom stereocenters. The molecule has 1 aromatic carbocycles. The Balaban J connectivity index is 2.11. The molecule has 1 aliphatic rings. The highest BCUT2D eigenvalue weighted by atomic mass is 16.5. The summed E-state index contributed by atoms with van der Waals surface area (Å²) in [4.78, 5) is 23.8. The van der Waals surface area contributed by atoms with Crippen LogP contribution < -0.4 is 5.32 Å². The molecule has 2 rings (SSSR count). The molecule has 0 aliphatic carbocycles. The van der Waals surface area contributed by atoms with Crippen molar-refractivity contribution in [2.24, 2.45) is 0 Å². The van der Waals surface area contributed by atoms with Crippen LogP contribution in [0.3, 0.4) is 0 Å². The van der Waals surface area contributed by atoms with Gasteiger partial charge in [0, 0.05) is 12.2 Å². The Kier molecular flexibility index (Phi) is 4.45. The number of rotatable bonds is 4. The minimum absolute atomic E-state index is 0.0807. The van der Waals surface area contributed by atoms with Gasteiger partial charge in [-0.1, -0.05) is 12.1 Å². The first kappa shape index (κ1) is 14.2. The van der Waals surface area contributed by atoms with Gasteiger partial charge in [0.1, 0.15) is 6.54 Å². The molecule has 2 N–H and O–H groups in total. The fourth-order valence-electron chi connectivity index (χ4n) is 2.29. The monoisotopic (exact) mass is 278 g/mol. The number of hydrogen-bond acceptors (Lipinski definition) is 4. The average molecular weight is 278 g/mol. The van der Waals surface area contributed by atoms with Crippen LogP contribution in [-0.2, 0) is 22.5 Å². The van der Waals surface area contributed by atoms with Crippen molar-refractivity contribution in [2.45, 2.75) is 19.9 Å². The number of nitrogens with zero attached hydrogens (tertiary/aromatic N) is 1. The lowest BCUT2D eigenvalue weighted by Gasteiger charge is -2.28. The number of amides is 1. The summed E-state index contributed by atoms with van der Waals surface area (Å²) in [5.41, 5.74) is 2.85. The van der Waals surface area contributed by atoms with Crippen LogP contribution in [0.4, 0.5) is 10.5 Å². The van der Waals surface area contributed by atoms with E-state index in [4.69, 9.17) is 9.84 Å². The third-order valence-electron chi connectivity index (χ3n) is 3.27. The van der Waals surface area contributed by atoms with Gasteiger partial charge in [0.15, 0.2) is 0 Å². The van der Waals surface area contributed by atoms with Crippen LogP contribution in [0, 0.1) is 0 Å². The molecule has 0 saturated heterocycles. The first-order valence-electron chi connectivity index (χ1n) is 6.60. The van der Waals surface area contributed by atoms with Crippen LogP contribution in [0.5, 0.6) is 0 Å². The quantitative estimate of drug-likeness (QED) is 0.819. The second-order valence-corrected chi connectivity index (χ2v) is 4.56. The molecular formula is C14H18N2O4. The Labute approximate surface area is 117 Å². The summed E-state index contributed by atoms with van der Waals surface area (Å²) in [6.45, 7) is 3.03. The molecule has 20 heavy (non-hydrogen) atoms. The molecule has 0 bridgehead atoms. The second-order valence-electron chi connectivity index (χ2n) is 4.56. The van der Waals surface area contributed by atoms with Crippen LogP contribution in [-0.4, -0.2) is 41.8 Å². The van der Waals surface area contributed by atoms with E-state index in [1.165, 1.54) is 4.90 Å². The molecule has 0 radical (unpaired) electrons. The van der Waals surface area contributed by atoms with Gasteiger partial charge in [0.25, 0.3) is 0 Å². The molecule has 108 valence electrons. The fraction of sp³-hybridized carbons (Fsp3) is 0.429. The van der Waals surface area contributed by atoms with Crippen LogP contribution in [0.2, 0.25) is 0 Å². The molecule has 0 atom stereocenters. The van der Waals surface area contributed by atoms with Crippen LogP contribution in [0.15, 0.2) is 18.2 Å². The lowest BCUT2D eigenvalue weighted by Crippen LogP contribution is -2.35. The molecule has 1 aromatic rings. The third-order valence-corrected chi connectivity index (χ3v) is 3.27. The van der Waals surface area contributed by atoms with Crippen molar-refractivity contribution in [2.75, 3.05) is 25.0 Å². The van der Waals surface area contributed by atoms with Crippen LogP contribution >= 0.6 is 0 Å². The largest absolute Gasteiger partial charge is 0.465 e. The van der Waals surface area contributed by atoms with E-state index < -0.39 is 6.09 Å². The Morgan fingerprint density at radius 1 is 1.45 bits per heavy atom. The number of hydrogen-bond donors (Lipinski definition) is 2. The van der Waals surface area contributed by atoms with Gasteiger partial charge in [-0.2, -0.15) is 0 Å². The predicted octanol–water partition coefficient (Wildman–Crippen LogP) is 1.70. The van der Waals surface area contributed by atoms with Gasteiger partial charge in [0.2, 0.25) is 0 Å². The van der Waals surface area contributed by atoms with Crippen LogP contribution in [0.1, 0.15) is 18.1 Å². The molecule has 1 heterocycles. The maximum atomic E-state index is 11.4. The van der Waals surface area contributed by atoms with Gasteiger partial charge >= 0.3 is 12.1 Å². The maximum absolute atomic E-state index is 11.4. The number of carboxylic acid groups (broad SMARTS) is 1. The van der Waals surface area contributed by atoms with Crippen molar-refractivity contribution in [1.29, 1.82) is 0 Å². The molecule has 6 nitrogen and oxygen atoms in total. The van der Waals surface area contributed by atoms with E-state index >= 15 is 0 Å². The number of benzene rings is 1. The van der Waals surface area contributed by atoms with Crippen molar-refractivity contribution in [3.63, 3.8) is 0 Å². The fourth-order valence-corrected chi connectivity index (χ4v) is 2.29. The summed E-state index contributed by atoms with van der Waals surface area (Å²) < 4.78 is 4.86. The minimum Gasteiger partial charge on any atom is -0.465 e. The number of nitrogens with one attached hydrogen (secondary N) is 1. The van der Waals surface area contributed by atoms with E-state index in [0.29, 0.717) is 26.1 Å². The Morgan fingerprint density at radius 2 is 2.25 bits per heavy atom. The lowest BCUT2D eigenvalue weighted by atomic mass is 9.98. The number of carbonyl (C=O) groups excluding carboxylic acids is 1. The van der Waals surface area contributed by atoms with Gasteiger partial charge in [-0.25, -0.2) is 4.79 Å². The zero-order valence-electron chi connectivity index (χ0n) is 11.4.